The predicted molar refractivity (Wildman–Crippen MR) is 170 cm³/mol. The van der Waals surface area contributed by atoms with Crippen LogP contribution in [0.3, 0.4) is 0 Å². The Bertz CT molecular complexity index is 1890. The maximum atomic E-state index is 13.7. The van der Waals surface area contributed by atoms with Gasteiger partial charge in [-0.15, -0.1) is 0 Å². The number of anilines is 1. The molecule has 0 radical (unpaired) electrons. The molecule has 1 aliphatic heterocycles. The Balaban J connectivity index is 1.42. The number of carbonyl (C=O) groups is 2. The van der Waals surface area contributed by atoms with E-state index in [4.69, 9.17) is 9.47 Å². The van der Waals surface area contributed by atoms with Gasteiger partial charge < -0.3 is 19.6 Å². The van der Waals surface area contributed by atoms with Gasteiger partial charge in [0.1, 0.15) is 23.9 Å². The number of benzene rings is 4. The van der Waals surface area contributed by atoms with Crippen LogP contribution in [0.1, 0.15) is 47.7 Å². The number of aryl methyl sites for hydroxylation is 2. The standard InChI is InChI=1S/C36H33N3O5/c1-21(2)44-27-14-11-25(12-15-27)32-31(34(41)35(42)39(32)36-37-28-16-10-22(3)18-29(28)38-36)33(40)26-13-17-30(23(4)19-26)43-20-24-8-6-5-7-9-24/h5-19,21,32,40H,20H2,1-4H3,(H,37,38)/b33-31+. The maximum Gasteiger partial charge on any atom is 0.302 e. The lowest BCUT2D eigenvalue weighted by Crippen LogP contribution is -2.30. The highest BCUT2D eigenvalue weighted by atomic mass is 16.5. The van der Waals surface area contributed by atoms with Gasteiger partial charge in [0, 0.05) is 5.56 Å². The van der Waals surface area contributed by atoms with E-state index in [9.17, 15) is 14.7 Å². The average molecular weight is 588 g/mol. The summed E-state index contributed by atoms with van der Waals surface area (Å²) in [5.74, 6) is -0.325. The molecule has 222 valence electrons. The van der Waals surface area contributed by atoms with Crippen LogP contribution in [0.15, 0.2) is 96.6 Å². The number of nitrogens with zero attached hydrogens (tertiary/aromatic N) is 2. The van der Waals surface area contributed by atoms with E-state index in [-0.39, 0.29) is 23.4 Å². The summed E-state index contributed by atoms with van der Waals surface area (Å²) in [4.78, 5) is 36.5. The zero-order chi connectivity index (χ0) is 31.0. The summed E-state index contributed by atoms with van der Waals surface area (Å²) >= 11 is 0. The Morgan fingerprint density at radius 3 is 2.41 bits per heavy atom. The van der Waals surface area contributed by atoms with Crippen LogP contribution in [-0.2, 0) is 16.2 Å². The fourth-order valence-corrected chi connectivity index (χ4v) is 5.44. The summed E-state index contributed by atoms with van der Waals surface area (Å²) in [7, 11) is 0. The number of hydrogen-bond acceptors (Lipinski definition) is 6. The van der Waals surface area contributed by atoms with E-state index >= 15 is 0 Å². The Kier molecular flexibility index (Phi) is 7.66. The smallest absolute Gasteiger partial charge is 0.302 e. The second-order valence-electron chi connectivity index (χ2n) is 11.2. The van der Waals surface area contributed by atoms with Gasteiger partial charge in [-0.1, -0.05) is 48.5 Å². The van der Waals surface area contributed by atoms with Crippen molar-refractivity contribution in [1.29, 1.82) is 0 Å². The number of aromatic nitrogens is 2. The van der Waals surface area contributed by atoms with Gasteiger partial charge in [-0.3, -0.25) is 14.5 Å². The lowest BCUT2D eigenvalue weighted by molar-refractivity contribution is -0.132. The fourth-order valence-electron chi connectivity index (χ4n) is 5.44. The molecule has 0 aliphatic carbocycles. The van der Waals surface area contributed by atoms with E-state index in [0.717, 1.165) is 22.2 Å². The van der Waals surface area contributed by atoms with Crippen LogP contribution in [0, 0.1) is 13.8 Å². The average Bonchev–Trinajstić information content (AvgIpc) is 3.54. The molecule has 0 saturated carbocycles. The van der Waals surface area contributed by atoms with E-state index in [1.165, 1.54) is 4.90 Å². The molecule has 2 heterocycles. The molecule has 1 atom stereocenters. The Morgan fingerprint density at radius 2 is 1.70 bits per heavy atom. The van der Waals surface area contributed by atoms with E-state index in [1.807, 2.05) is 76.2 Å². The molecule has 8 nitrogen and oxygen atoms in total. The summed E-state index contributed by atoms with van der Waals surface area (Å²) in [5.41, 5.74) is 5.23. The Labute approximate surface area is 255 Å². The third-order valence-electron chi connectivity index (χ3n) is 7.55. The molecule has 5 aromatic rings. The molecule has 0 bridgehead atoms. The first-order valence-corrected chi connectivity index (χ1v) is 14.5. The predicted octanol–water partition coefficient (Wildman–Crippen LogP) is 7.17. The topological polar surface area (TPSA) is 105 Å². The van der Waals surface area contributed by atoms with Gasteiger partial charge in [-0.25, -0.2) is 4.98 Å². The minimum atomic E-state index is -0.931. The van der Waals surface area contributed by atoms with Gasteiger partial charge in [-0.05, 0) is 92.4 Å². The van der Waals surface area contributed by atoms with E-state index in [1.54, 1.807) is 42.5 Å². The SMILES string of the molecule is Cc1ccc2nc(N3C(=O)C(=O)/C(=C(/O)c4ccc(OCc5ccccc5)c(C)c4)C3c3ccc(OC(C)C)cc3)[nH]c2c1. The van der Waals surface area contributed by atoms with E-state index < -0.39 is 17.7 Å². The number of imidazole rings is 1. The molecule has 6 rings (SSSR count). The van der Waals surface area contributed by atoms with Gasteiger partial charge >= 0.3 is 5.91 Å². The van der Waals surface area contributed by atoms with Gasteiger partial charge in [0.15, 0.2) is 0 Å². The van der Waals surface area contributed by atoms with Gasteiger partial charge in [-0.2, -0.15) is 0 Å². The highest BCUT2D eigenvalue weighted by Crippen LogP contribution is 2.42. The van der Waals surface area contributed by atoms with Crippen molar-refractivity contribution < 1.29 is 24.2 Å². The van der Waals surface area contributed by atoms with Crippen LogP contribution in [0.25, 0.3) is 16.8 Å². The van der Waals surface area contributed by atoms with Crippen molar-refractivity contribution in [2.75, 3.05) is 4.90 Å². The highest BCUT2D eigenvalue weighted by molar-refractivity contribution is 6.51. The summed E-state index contributed by atoms with van der Waals surface area (Å²) in [5, 5.41) is 11.7. The molecule has 1 unspecified atom stereocenters. The summed E-state index contributed by atoms with van der Waals surface area (Å²) in [6.07, 6.45) is -0.0200. The third-order valence-corrected chi connectivity index (χ3v) is 7.55. The number of amides is 1. The normalized spacial score (nSPS) is 16.2. The number of nitrogens with one attached hydrogen (secondary N) is 1. The molecule has 8 heteroatoms. The number of aliphatic hydroxyl groups excluding tert-OH is 1. The number of aliphatic hydroxyl groups is 1. The minimum absolute atomic E-state index is 0.0200. The van der Waals surface area contributed by atoms with Gasteiger partial charge in [0.25, 0.3) is 5.78 Å². The number of fused-ring (bicyclic) bond motifs is 1. The van der Waals surface area contributed by atoms with Crippen molar-refractivity contribution in [2.24, 2.45) is 0 Å². The zero-order valence-electron chi connectivity index (χ0n) is 25.0. The van der Waals surface area contributed by atoms with Crippen molar-refractivity contribution in [3.05, 3.63) is 124 Å². The number of ketones is 1. The van der Waals surface area contributed by atoms with Gasteiger partial charge in [0.05, 0.1) is 28.8 Å². The Hall–Kier alpha value is -5.37. The number of aromatic amines is 1. The van der Waals surface area contributed by atoms with Crippen LogP contribution in [0.5, 0.6) is 11.5 Å². The minimum Gasteiger partial charge on any atom is -0.507 e. The van der Waals surface area contributed by atoms with Crippen molar-refractivity contribution in [3.8, 4) is 11.5 Å². The number of hydrogen-bond donors (Lipinski definition) is 2. The molecular weight excluding hydrogens is 554 g/mol. The van der Waals surface area contributed by atoms with E-state index in [0.29, 0.717) is 34.7 Å². The second kappa shape index (κ2) is 11.7. The first kappa shape index (κ1) is 28.7. The van der Waals surface area contributed by atoms with Crippen molar-refractivity contribution in [3.63, 3.8) is 0 Å². The number of H-pyrrole nitrogens is 1. The third kappa shape index (κ3) is 5.54. The molecule has 1 aliphatic rings. The van der Waals surface area contributed by atoms with Crippen molar-refractivity contribution in [1.82, 2.24) is 9.97 Å². The first-order valence-electron chi connectivity index (χ1n) is 14.5. The summed E-state index contributed by atoms with van der Waals surface area (Å²) in [6.45, 7) is 8.10. The number of rotatable bonds is 8. The fraction of sp³-hybridized carbons (Fsp3) is 0.194. The summed E-state index contributed by atoms with van der Waals surface area (Å²) < 4.78 is 11.8. The zero-order valence-corrected chi connectivity index (χ0v) is 25.0. The molecule has 0 spiro atoms. The number of ether oxygens (including phenoxy) is 2. The van der Waals surface area contributed by atoms with E-state index in [2.05, 4.69) is 9.97 Å². The number of Topliss-reactive ketones (excluding diaryl/α,β-unsaturated/α-hetero) is 1. The van der Waals surface area contributed by atoms with Crippen molar-refractivity contribution in [2.45, 2.75) is 46.4 Å². The van der Waals surface area contributed by atoms with Crippen LogP contribution >= 0.6 is 0 Å². The molecular formula is C36H33N3O5. The molecule has 1 fully saturated rings. The highest BCUT2D eigenvalue weighted by Gasteiger charge is 2.48. The first-order chi connectivity index (χ1) is 21.2. The molecule has 1 amide bonds. The molecule has 44 heavy (non-hydrogen) atoms. The molecule has 1 aromatic heterocycles. The summed E-state index contributed by atoms with van der Waals surface area (Å²) in [6, 6.07) is 27.0. The van der Waals surface area contributed by atoms with Crippen LogP contribution in [0.4, 0.5) is 5.95 Å². The number of carbonyl (C=O) groups excluding carboxylic acids is 2. The lowest BCUT2D eigenvalue weighted by Gasteiger charge is -2.23. The second-order valence-corrected chi connectivity index (χ2v) is 11.2. The Morgan fingerprint density at radius 1 is 0.955 bits per heavy atom. The molecule has 1 saturated heterocycles. The largest absolute Gasteiger partial charge is 0.507 e. The van der Waals surface area contributed by atoms with Crippen LogP contribution in [-0.4, -0.2) is 32.9 Å². The lowest BCUT2D eigenvalue weighted by atomic mass is 9.94. The molecule has 2 N–H and O–H groups in total. The quantitative estimate of drug-likeness (QED) is 0.113. The maximum absolute atomic E-state index is 13.7. The van der Waals surface area contributed by atoms with Crippen LogP contribution < -0.4 is 14.4 Å². The van der Waals surface area contributed by atoms with Gasteiger partial charge in [0.2, 0.25) is 5.95 Å². The van der Waals surface area contributed by atoms with Crippen molar-refractivity contribution >= 4 is 34.4 Å². The van der Waals surface area contributed by atoms with Crippen LogP contribution in [0.2, 0.25) is 0 Å². The molecule has 4 aromatic carbocycles. The monoisotopic (exact) mass is 587 g/mol.